The molecule has 4 rings (SSSR count). The van der Waals surface area contributed by atoms with Gasteiger partial charge in [0.1, 0.15) is 19.0 Å². The van der Waals surface area contributed by atoms with E-state index in [1.165, 1.54) is 0 Å². The first kappa shape index (κ1) is 16.2. The fraction of sp³-hybridized carbons (Fsp3) is 0.316. The van der Waals surface area contributed by atoms with Gasteiger partial charge < -0.3 is 19.8 Å². The summed E-state index contributed by atoms with van der Waals surface area (Å²) in [5.74, 6) is 2.55. The summed E-state index contributed by atoms with van der Waals surface area (Å²) in [6.07, 6.45) is 1.73. The van der Waals surface area contributed by atoms with Gasteiger partial charge >= 0.3 is 0 Å². The van der Waals surface area contributed by atoms with Gasteiger partial charge in [0, 0.05) is 30.1 Å². The summed E-state index contributed by atoms with van der Waals surface area (Å²) in [5.41, 5.74) is 8.79. The minimum absolute atomic E-state index is 0.570. The fourth-order valence-corrected chi connectivity index (χ4v) is 3.37. The van der Waals surface area contributed by atoms with Crippen LogP contribution < -0.4 is 15.2 Å². The number of nitrogens with zero attached hydrogens (tertiary/aromatic N) is 2. The van der Waals surface area contributed by atoms with Gasteiger partial charge in [0.05, 0.1) is 11.0 Å². The summed E-state index contributed by atoms with van der Waals surface area (Å²) in [7, 11) is 0. The second kappa shape index (κ2) is 6.94. The molecule has 1 aliphatic rings. The molecular weight excluding hydrogens is 338 g/mol. The van der Waals surface area contributed by atoms with Gasteiger partial charge in [-0.2, -0.15) is 0 Å². The van der Waals surface area contributed by atoms with Crippen molar-refractivity contribution in [2.24, 2.45) is 5.73 Å². The molecule has 2 aromatic carbocycles. The van der Waals surface area contributed by atoms with Crippen LogP contribution in [0, 0.1) is 0 Å². The Bertz CT molecular complexity index is 907. The van der Waals surface area contributed by atoms with Crippen LogP contribution in [-0.2, 0) is 13.0 Å². The summed E-state index contributed by atoms with van der Waals surface area (Å²) >= 11 is 6.14. The third-order valence-corrected chi connectivity index (χ3v) is 4.56. The molecule has 5 nitrogen and oxygen atoms in total. The number of hydrogen-bond acceptors (Lipinski definition) is 4. The van der Waals surface area contributed by atoms with Gasteiger partial charge in [-0.25, -0.2) is 4.98 Å². The molecule has 0 spiro atoms. The van der Waals surface area contributed by atoms with Crippen molar-refractivity contribution in [2.75, 3.05) is 19.8 Å². The van der Waals surface area contributed by atoms with Gasteiger partial charge in [-0.3, -0.25) is 0 Å². The Morgan fingerprint density at radius 1 is 1.12 bits per heavy atom. The number of hydrogen-bond donors (Lipinski definition) is 1. The van der Waals surface area contributed by atoms with Crippen LogP contribution >= 0.6 is 11.6 Å². The summed E-state index contributed by atoms with van der Waals surface area (Å²) in [5, 5.41) is 0.736. The third-order valence-electron chi connectivity index (χ3n) is 4.33. The van der Waals surface area contributed by atoms with E-state index in [9.17, 15) is 0 Å². The number of aromatic nitrogens is 2. The molecule has 0 saturated heterocycles. The maximum atomic E-state index is 6.14. The number of rotatable bonds is 5. The van der Waals surface area contributed by atoms with Crippen molar-refractivity contribution in [3.63, 3.8) is 0 Å². The lowest BCUT2D eigenvalue weighted by atomic mass is 10.2. The highest BCUT2D eigenvalue weighted by atomic mass is 35.5. The van der Waals surface area contributed by atoms with Crippen LogP contribution in [0.1, 0.15) is 17.8 Å². The van der Waals surface area contributed by atoms with Crippen LogP contribution in [0.3, 0.4) is 0 Å². The average Bonchev–Trinajstić information content (AvgIpc) is 2.94. The van der Waals surface area contributed by atoms with Crippen molar-refractivity contribution in [1.82, 2.24) is 9.55 Å². The second-order valence-corrected chi connectivity index (χ2v) is 6.56. The molecule has 0 unspecified atom stereocenters. The maximum absolute atomic E-state index is 6.14. The Balaban J connectivity index is 1.80. The molecule has 1 aromatic heterocycles. The highest BCUT2D eigenvalue weighted by Gasteiger charge is 2.18. The fourth-order valence-electron chi connectivity index (χ4n) is 3.16. The van der Waals surface area contributed by atoms with E-state index in [1.807, 2.05) is 30.3 Å². The minimum Gasteiger partial charge on any atom is -0.486 e. The molecule has 0 aliphatic carbocycles. The summed E-state index contributed by atoms with van der Waals surface area (Å²) in [6.45, 7) is 2.49. The smallest absolute Gasteiger partial charge is 0.163 e. The van der Waals surface area contributed by atoms with Crippen molar-refractivity contribution < 1.29 is 9.47 Å². The molecule has 0 radical (unpaired) electrons. The van der Waals surface area contributed by atoms with Crippen LogP contribution in [-0.4, -0.2) is 29.3 Å². The van der Waals surface area contributed by atoms with Gasteiger partial charge in [-0.05, 0) is 30.7 Å². The number of halogens is 1. The first-order valence-corrected chi connectivity index (χ1v) is 8.85. The Kier molecular flexibility index (Phi) is 4.51. The Morgan fingerprint density at radius 3 is 2.68 bits per heavy atom. The Morgan fingerprint density at radius 2 is 1.92 bits per heavy atom. The zero-order chi connectivity index (χ0) is 17.2. The van der Waals surface area contributed by atoms with Crippen molar-refractivity contribution in [2.45, 2.75) is 19.4 Å². The van der Waals surface area contributed by atoms with Crippen LogP contribution in [0.5, 0.6) is 11.5 Å². The monoisotopic (exact) mass is 357 g/mol. The highest BCUT2D eigenvalue weighted by molar-refractivity contribution is 6.30. The van der Waals surface area contributed by atoms with Crippen LogP contribution in [0.15, 0.2) is 36.4 Å². The number of aryl methyl sites for hydroxylation is 1. The number of imidazole rings is 1. The predicted molar refractivity (Wildman–Crippen MR) is 98.7 cm³/mol. The van der Waals surface area contributed by atoms with E-state index in [2.05, 4.69) is 10.6 Å². The first-order chi connectivity index (χ1) is 12.2. The zero-order valence-corrected chi connectivity index (χ0v) is 14.6. The van der Waals surface area contributed by atoms with E-state index in [4.69, 9.17) is 31.8 Å². The van der Waals surface area contributed by atoms with E-state index in [0.29, 0.717) is 26.3 Å². The molecule has 25 heavy (non-hydrogen) atoms. The third kappa shape index (κ3) is 3.30. The van der Waals surface area contributed by atoms with E-state index in [1.54, 1.807) is 0 Å². The summed E-state index contributed by atoms with van der Waals surface area (Å²) in [6, 6.07) is 11.9. The van der Waals surface area contributed by atoms with Gasteiger partial charge in [0.15, 0.2) is 11.5 Å². The van der Waals surface area contributed by atoms with E-state index < -0.39 is 0 Å². The summed E-state index contributed by atoms with van der Waals surface area (Å²) < 4.78 is 13.6. The lowest BCUT2D eigenvalue weighted by Crippen LogP contribution is -2.15. The summed E-state index contributed by atoms with van der Waals surface area (Å²) in [4.78, 5) is 4.82. The lowest BCUT2D eigenvalue weighted by Gasteiger charge is -2.18. The van der Waals surface area contributed by atoms with E-state index in [-0.39, 0.29) is 0 Å². The molecule has 0 bridgehead atoms. The molecule has 130 valence electrons. The lowest BCUT2D eigenvalue weighted by molar-refractivity contribution is 0.172. The molecule has 0 fully saturated rings. The van der Waals surface area contributed by atoms with Crippen LogP contribution in [0.25, 0.3) is 11.0 Å². The topological polar surface area (TPSA) is 62.3 Å². The number of fused-ring (bicyclic) bond motifs is 2. The average molecular weight is 358 g/mol. The van der Waals surface area contributed by atoms with Gasteiger partial charge in [-0.15, -0.1) is 0 Å². The highest BCUT2D eigenvalue weighted by Crippen LogP contribution is 2.35. The minimum atomic E-state index is 0.570. The van der Waals surface area contributed by atoms with Crippen molar-refractivity contribution in [3.05, 3.63) is 52.8 Å². The number of benzene rings is 2. The van der Waals surface area contributed by atoms with Crippen molar-refractivity contribution in [1.29, 1.82) is 0 Å². The van der Waals surface area contributed by atoms with Gasteiger partial charge in [0.25, 0.3) is 0 Å². The predicted octanol–water partition coefficient (Wildman–Crippen LogP) is 3.40. The molecule has 3 aromatic rings. The molecule has 2 heterocycles. The normalized spacial score (nSPS) is 13.4. The maximum Gasteiger partial charge on any atom is 0.163 e. The first-order valence-electron chi connectivity index (χ1n) is 8.48. The molecule has 2 N–H and O–H groups in total. The van der Waals surface area contributed by atoms with E-state index in [0.717, 1.165) is 51.8 Å². The largest absolute Gasteiger partial charge is 0.486 e. The quantitative estimate of drug-likeness (QED) is 0.760. The second-order valence-electron chi connectivity index (χ2n) is 6.12. The number of ether oxygens (including phenoxy) is 2. The van der Waals surface area contributed by atoms with Gasteiger partial charge in [0.2, 0.25) is 0 Å². The molecule has 0 atom stereocenters. The molecule has 6 heteroatoms. The van der Waals surface area contributed by atoms with E-state index >= 15 is 0 Å². The standard InChI is InChI=1S/C19H20ClN3O2/c20-14-4-1-3-13(9-14)12-23-16-11-18-17(24-7-8-25-18)10-15(16)22-19(23)5-2-6-21/h1,3-4,9-11H,2,5-8,12,21H2. The van der Waals surface area contributed by atoms with Crippen LogP contribution in [0.2, 0.25) is 5.02 Å². The van der Waals surface area contributed by atoms with Crippen molar-refractivity contribution >= 4 is 22.6 Å². The SMILES string of the molecule is NCCCc1nc2cc3c(cc2n1Cc1cccc(Cl)c1)OCCO3. The molecule has 0 amide bonds. The zero-order valence-electron chi connectivity index (χ0n) is 13.9. The molecule has 0 saturated carbocycles. The Hall–Kier alpha value is -2.24. The van der Waals surface area contributed by atoms with Crippen molar-refractivity contribution in [3.8, 4) is 11.5 Å². The van der Waals surface area contributed by atoms with Crippen LogP contribution in [0.4, 0.5) is 0 Å². The Labute approximate surface area is 151 Å². The molecule has 1 aliphatic heterocycles. The van der Waals surface area contributed by atoms with Gasteiger partial charge in [-0.1, -0.05) is 23.7 Å². The molecular formula is C19H20ClN3O2. The number of nitrogens with two attached hydrogens (primary N) is 1.